The van der Waals surface area contributed by atoms with Gasteiger partial charge in [0.05, 0.1) is 0 Å². The van der Waals surface area contributed by atoms with Gasteiger partial charge in [0.1, 0.15) is 0 Å². The summed E-state index contributed by atoms with van der Waals surface area (Å²) in [4.78, 5) is 21.8. The fourth-order valence-corrected chi connectivity index (χ4v) is 5.33. The molecule has 5 nitrogen and oxygen atoms in total. The van der Waals surface area contributed by atoms with Gasteiger partial charge in [-0.05, 0) is 61.7 Å². The zero-order valence-corrected chi connectivity index (χ0v) is 20.7. The number of hydrogen-bond acceptors (Lipinski definition) is 3. The number of carbonyl (C=O) groups excluding carboxylic acids is 1. The SMILES string of the molecule is CCn1c2ccccc2c2cc(C=CC(=O)N(C)C3CCN(CCc4ccccn4)CC3)ccc21. The number of aryl methyl sites for hydroxylation is 1. The Balaban J connectivity index is 1.20. The van der Waals surface area contributed by atoms with Crippen molar-refractivity contribution >= 4 is 33.8 Å². The number of benzene rings is 2. The second kappa shape index (κ2) is 10.4. The zero-order valence-electron chi connectivity index (χ0n) is 20.7. The first-order chi connectivity index (χ1) is 17.1. The molecule has 35 heavy (non-hydrogen) atoms. The number of likely N-dealkylation sites (tertiary alicyclic amines) is 1. The van der Waals surface area contributed by atoms with Crippen LogP contribution in [-0.2, 0) is 17.8 Å². The summed E-state index contributed by atoms with van der Waals surface area (Å²) >= 11 is 0. The number of hydrogen-bond donors (Lipinski definition) is 0. The van der Waals surface area contributed by atoms with Gasteiger partial charge < -0.3 is 14.4 Å². The number of aromatic nitrogens is 2. The van der Waals surface area contributed by atoms with Crippen LogP contribution in [0.15, 0.2) is 72.9 Å². The van der Waals surface area contributed by atoms with E-state index in [-0.39, 0.29) is 5.91 Å². The van der Waals surface area contributed by atoms with Crippen molar-refractivity contribution < 1.29 is 4.79 Å². The Hall–Kier alpha value is -3.44. The monoisotopic (exact) mass is 466 g/mol. The average Bonchev–Trinajstić information content (AvgIpc) is 3.24. The quantitative estimate of drug-likeness (QED) is 0.343. The molecular formula is C30H34N4O. The molecule has 0 radical (unpaired) electrons. The molecule has 0 spiro atoms. The summed E-state index contributed by atoms with van der Waals surface area (Å²) in [5, 5.41) is 2.50. The third-order valence-corrected chi connectivity index (χ3v) is 7.39. The van der Waals surface area contributed by atoms with Crippen molar-refractivity contribution in [2.24, 2.45) is 0 Å². The molecule has 3 heterocycles. The van der Waals surface area contributed by atoms with Gasteiger partial charge in [0, 0.05) is 85.5 Å². The van der Waals surface area contributed by atoms with E-state index in [1.807, 2.05) is 36.4 Å². The third-order valence-electron chi connectivity index (χ3n) is 7.39. The molecule has 0 N–H and O–H groups in total. The molecule has 0 aliphatic carbocycles. The highest BCUT2D eigenvalue weighted by molar-refractivity contribution is 6.08. The Morgan fingerprint density at radius 3 is 2.57 bits per heavy atom. The molecule has 2 aromatic carbocycles. The topological polar surface area (TPSA) is 41.4 Å². The van der Waals surface area contributed by atoms with Crippen molar-refractivity contribution in [3.8, 4) is 0 Å². The minimum atomic E-state index is 0.0769. The van der Waals surface area contributed by atoms with Gasteiger partial charge in [-0.3, -0.25) is 9.78 Å². The van der Waals surface area contributed by atoms with Gasteiger partial charge in [0.25, 0.3) is 0 Å². The van der Waals surface area contributed by atoms with Crippen molar-refractivity contribution in [1.82, 2.24) is 19.4 Å². The van der Waals surface area contributed by atoms with E-state index in [1.54, 1.807) is 6.08 Å². The van der Waals surface area contributed by atoms with Crippen molar-refractivity contribution in [3.63, 3.8) is 0 Å². The molecule has 0 saturated carbocycles. The fourth-order valence-electron chi connectivity index (χ4n) is 5.33. The molecule has 0 atom stereocenters. The maximum Gasteiger partial charge on any atom is 0.246 e. The molecule has 1 fully saturated rings. The highest BCUT2D eigenvalue weighted by Crippen LogP contribution is 2.30. The molecule has 4 aromatic rings. The van der Waals surface area contributed by atoms with Crippen molar-refractivity contribution in [2.45, 2.75) is 38.8 Å². The first kappa shape index (κ1) is 23.3. The summed E-state index contributed by atoms with van der Waals surface area (Å²) in [5.74, 6) is 0.0769. The van der Waals surface area contributed by atoms with Gasteiger partial charge in [-0.1, -0.05) is 30.3 Å². The number of pyridine rings is 1. The van der Waals surface area contributed by atoms with Gasteiger partial charge in [0.2, 0.25) is 5.91 Å². The summed E-state index contributed by atoms with van der Waals surface area (Å²) < 4.78 is 2.35. The van der Waals surface area contributed by atoms with Crippen LogP contribution in [0.3, 0.4) is 0 Å². The van der Waals surface area contributed by atoms with E-state index in [9.17, 15) is 4.79 Å². The maximum atomic E-state index is 12.9. The first-order valence-electron chi connectivity index (χ1n) is 12.7. The number of rotatable bonds is 7. The van der Waals surface area contributed by atoms with E-state index in [0.717, 1.165) is 56.7 Å². The molecule has 5 heteroatoms. The lowest BCUT2D eigenvalue weighted by Crippen LogP contribution is -2.45. The van der Waals surface area contributed by atoms with Crippen LogP contribution < -0.4 is 0 Å². The number of fused-ring (bicyclic) bond motifs is 3. The van der Waals surface area contributed by atoms with Crippen LogP contribution in [0.4, 0.5) is 0 Å². The van der Waals surface area contributed by atoms with Crippen LogP contribution >= 0.6 is 0 Å². The standard InChI is InChI=1S/C30H34N4O/c1-3-34-28-10-5-4-9-26(28)27-22-23(11-13-29(27)34)12-14-30(35)32(2)25-16-20-33(21-17-25)19-15-24-8-6-7-18-31-24/h4-14,18,22,25H,3,15-17,19-21H2,1-2H3. The number of piperidine rings is 1. The average molecular weight is 467 g/mol. The van der Waals surface area contributed by atoms with Crippen LogP contribution in [0.1, 0.15) is 31.0 Å². The van der Waals surface area contributed by atoms with E-state index in [4.69, 9.17) is 0 Å². The van der Waals surface area contributed by atoms with Gasteiger partial charge in [-0.2, -0.15) is 0 Å². The van der Waals surface area contributed by atoms with Gasteiger partial charge in [0.15, 0.2) is 0 Å². The van der Waals surface area contributed by atoms with Crippen LogP contribution in [0, 0.1) is 0 Å². The highest BCUT2D eigenvalue weighted by Gasteiger charge is 2.24. The minimum Gasteiger partial charge on any atom is -0.341 e. The molecule has 5 rings (SSSR count). The van der Waals surface area contributed by atoms with Crippen LogP contribution in [0.2, 0.25) is 0 Å². The predicted molar refractivity (Wildman–Crippen MR) is 144 cm³/mol. The molecule has 1 aliphatic heterocycles. The summed E-state index contributed by atoms with van der Waals surface area (Å²) in [6, 6.07) is 21.4. The fraction of sp³-hybridized carbons (Fsp3) is 0.333. The largest absolute Gasteiger partial charge is 0.341 e. The normalized spacial score (nSPS) is 15.4. The predicted octanol–water partition coefficient (Wildman–Crippen LogP) is 5.39. The summed E-state index contributed by atoms with van der Waals surface area (Å²) in [7, 11) is 1.94. The molecule has 180 valence electrons. The number of amides is 1. The van der Waals surface area contributed by atoms with E-state index in [2.05, 4.69) is 69.9 Å². The van der Waals surface area contributed by atoms with E-state index >= 15 is 0 Å². The summed E-state index contributed by atoms with van der Waals surface area (Å²) in [6.07, 6.45) is 8.55. The number of carbonyl (C=O) groups is 1. The first-order valence-corrected chi connectivity index (χ1v) is 12.7. The second-order valence-corrected chi connectivity index (χ2v) is 9.46. The third kappa shape index (κ3) is 5.01. The maximum absolute atomic E-state index is 12.9. The van der Waals surface area contributed by atoms with E-state index in [1.165, 1.54) is 21.8 Å². The number of likely N-dealkylation sites (N-methyl/N-ethyl adjacent to an activating group) is 1. The van der Waals surface area contributed by atoms with Crippen LogP contribution in [-0.4, -0.2) is 58.0 Å². The van der Waals surface area contributed by atoms with Crippen molar-refractivity contribution in [3.05, 3.63) is 84.2 Å². The lowest BCUT2D eigenvalue weighted by Gasteiger charge is -2.36. The second-order valence-electron chi connectivity index (χ2n) is 9.46. The molecule has 1 amide bonds. The van der Waals surface area contributed by atoms with Crippen LogP contribution in [0.5, 0.6) is 0 Å². The molecule has 1 aliphatic rings. The molecule has 0 bridgehead atoms. The highest BCUT2D eigenvalue weighted by atomic mass is 16.2. The summed E-state index contributed by atoms with van der Waals surface area (Å²) in [5.41, 5.74) is 4.70. The smallest absolute Gasteiger partial charge is 0.246 e. The minimum absolute atomic E-state index is 0.0769. The Morgan fingerprint density at radius 2 is 1.80 bits per heavy atom. The Bertz CT molecular complexity index is 1330. The Morgan fingerprint density at radius 1 is 1.03 bits per heavy atom. The van der Waals surface area contributed by atoms with Crippen molar-refractivity contribution in [2.75, 3.05) is 26.7 Å². The van der Waals surface area contributed by atoms with Gasteiger partial charge in [-0.25, -0.2) is 0 Å². The number of nitrogens with zero attached hydrogens (tertiary/aromatic N) is 4. The van der Waals surface area contributed by atoms with E-state index < -0.39 is 0 Å². The van der Waals surface area contributed by atoms with E-state index in [0.29, 0.717) is 6.04 Å². The van der Waals surface area contributed by atoms with Gasteiger partial charge >= 0.3 is 0 Å². The lowest BCUT2D eigenvalue weighted by molar-refractivity contribution is -0.127. The molecule has 0 unspecified atom stereocenters. The van der Waals surface area contributed by atoms with Gasteiger partial charge in [-0.15, -0.1) is 0 Å². The molecular weight excluding hydrogens is 432 g/mol. The van der Waals surface area contributed by atoms with Crippen LogP contribution in [0.25, 0.3) is 27.9 Å². The summed E-state index contributed by atoms with van der Waals surface area (Å²) in [6.45, 7) is 6.19. The Kier molecular flexibility index (Phi) is 6.96. The molecule has 1 saturated heterocycles. The lowest BCUT2D eigenvalue weighted by atomic mass is 10.0. The molecule has 2 aromatic heterocycles. The zero-order chi connectivity index (χ0) is 24.2. The Labute approximate surface area is 207 Å². The van der Waals surface area contributed by atoms with Crippen molar-refractivity contribution in [1.29, 1.82) is 0 Å². The number of para-hydroxylation sites is 1.